The monoisotopic (exact) mass is 295 g/mol. The Labute approximate surface area is 111 Å². The minimum absolute atomic E-state index is 0.247. The fourth-order valence-corrected chi connectivity index (χ4v) is 2.52. The van der Waals surface area contributed by atoms with Crippen LogP contribution in [-0.2, 0) is 0 Å². The van der Waals surface area contributed by atoms with Crippen molar-refractivity contribution in [3.63, 3.8) is 0 Å². The van der Waals surface area contributed by atoms with E-state index in [1.807, 2.05) is 24.3 Å². The average molecular weight is 296 g/mol. The van der Waals surface area contributed by atoms with E-state index in [0.717, 1.165) is 23.0 Å². The molecule has 2 rings (SSSR count). The van der Waals surface area contributed by atoms with Crippen LogP contribution in [0.3, 0.4) is 0 Å². The number of carbonyl (C=O) groups is 1. The third-order valence-electron chi connectivity index (χ3n) is 3.26. The van der Waals surface area contributed by atoms with E-state index in [0.29, 0.717) is 12.5 Å². The minimum Gasteiger partial charge on any atom is -0.314 e. The van der Waals surface area contributed by atoms with Gasteiger partial charge in [0.05, 0.1) is 0 Å². The highest BCUT2D eigenvalue weighted by molar-refractivity contribution is 9.10. The van der Waals surface area contributed by atoms with Gasteiger partial charge in [0, 0.05) is 22.5 Å². The molecule has 0 radical (unpaired) electrons. The summed E-state index contributed by atoms with van der Waals surface area (Å²) in [5.74, 6) is 0.247. The molecule has 1 aliphatic rings. The van der Waals surface area contributed by atoms with Crippen LogP contribution < -0.4 is 5.32 Å². The minimum atomic E-state index is 0.247. The van der Waals surface area contributed by atoms with Crippen molar-refractivity contribution in [3.05, 3.63) is 34.3 Å². The van der Waals surface area contributed by atoms with Crippen LogP contribution in [0.4, 0.5) is 0 Å². The van der Waals surface area contributed by atoms with E-state index in [4.69, 9.17) is 0 Å². The Balaban J connectivity index is 1.93. The summed E-state index contributed by atoms with van der Waals surface area (Å²) in [6.07, 6.45) is 5.52. The van der Waals surface area contributed by atoms with Gasteiger partial charge in [-0.05, 0) is 31.5 Å². The number of hydrogen-bond acceptors (Lipinski definition) is 2. The molecule has 0 bridgehead atoms. The molecule has 0 amide bonds. The quantitative estimate of drug-likeness (QED) is 0.864. The Kier molecular flexibility index (Phi) is 4.75. The summed E-state index contributed by atoms with van der Waals surface area (Å²) in [6.45, 7) is 1.05. The molecule has 1 unspecified atom stereocenters. The van der Waals surface area contributed by atoms with Crippen molar-refractivity contribution in [2.45, 2.75) is 38.1 Å². The number of hydrogen-bond donors (Lipinski definition) is 1. The summed E-state index contributed by atoms with van der Waals surface area (Å²) < 4.78 is 1.02. The van der Waals surface area contributed by atoms with Crippen molar-refractivity contribution in [2.75, 3.05) is 6.54 Å². The molecule has 1 N–H and O–H groups in total. The first kappa shape index (κ1) is 12.8. The summed E-state index contributed by atoms with van der Waals surface area (Å²) in [5.41, 5.74) is 0.819. The fraction of sp³-hybridized carbons (Fsp3) is 0.500. The molecule has 0 spiro atoms. The number of nitrogens with one attached hydrogen (secondary N) is 1. The molecular formula is C14H18BrNO. The van der Waals surface area contributed by atoms with Gasteiger partial charge in [0.2, 0.25) is 0 Å². The van der Waals surface area contributed by atoms with Crippen LogP contribution in [0.1, 0.15) is 42.5 Å². The maximum absolute atomic E-state index is 12.1. The van der Waals surface area contributed by atoms with E-state index >= 15 is 0 Å². The number of benzene rings is 1. The first-order valence-corrected chi connectivity index (χ1v) is 7.07. The first-order chi connectivity index (χ1) is 8.25. The molecule has 1 aromatic carbocycles. The lowest BCUT2D eigenvalue weighted by atomic mass is 10.0. The number of rotatable bonds is 3. The van der Waals surface area contributed by atoms with Crippen molar-refractivity contribution < 1.29 is 4.79 Å². The van der Waals surface area contributed by atoms with Crippen molar-refractivity contribution in [1.82, 2.24) is 5.32 Å². The SMILES string of the molecule is O=C(CC1CCCCCN1)c1ccc(Br)cc1. The molecule has 17 heavy (non-hydrogen) atoms. The average Bonchev–Trinajstić information content (AvgIpc) is 2.58. The predicted molar refractivity (Wildman–Crippen MR) is 73.3 cm³/mol. The molecule has 1 saturated heterocycles. The summed E-state index contributed by atoms with van der Waals surface area (Å²) in [5, 5.41) is 3.46. The second kappa shape index (κ2) is 6.31. The van der Waals surface area contributed by atoms with E-state index in [-0.39, 0.29) is 5.78 Å². The molecule has 1 aromatic rings. The van der Waals surface area contributed by atoms with E-state index in [1.165, 1.54) is 19.3 Å². The van der Waals surface area contributed by atoms with Crippen molar-refractivity contribution in [3.8, 4) is 0 Å². The van der Waals surface area contributed by atoms with Crippen LogP contribution in [0.25, 0.3) is 0 Å². The molecule has 0 saturated carbocycles. The summed E-state index contributed by atoms with van der Waals surface area (Å²) in [4.78, 5) is 12.1. The predicted octanol–water partition coefficient (Wildman–Crippen LogP) is 3.55. The summed E-state index contributed by atoms with van der Waals surface area (Å²) >= 11 is 3.38. The fourth-order valence-electron chi connectivity index (χ4n) is 2.25. The Morgan fingerprint density at radius 2 is 2.00 bits per heavy atom. The van der Waals surface area contributed by atoms with Gasteiger partial charge in [-0.3, -0.25) is 4.79 Å². The van der Waals surface area contributed by atoms with E-state index in [1.54, 1.807) is 0 Å². The molecule has 1 heterocycles. The van der Waals surface area contributed by atoms with E-state index in [9.17, 15) is 4.79 Å². The second-order valence-electron chi connectivity index (χ2n) is 4.63. The number of carbonyl (C=O) groups excluding carboxylic acids is 1. The van der Waals surface area contributed by atoms with Gasteiger partial charge in [0.1, 0.15) is 0 Å². The molecule has 0 aromatic heterocycles. The Bertz CT molecular complexity index is 366. The zero-order valence-corrected chi connectivity index (χ0v) is 11.5. The van der Waals surface area contributed by atoms with Crippen LogP contribution in [0.15, 0.2) is 28.7 Å². The lowest BCUT2D eigenvalue weighted by Crippen LogP contribution is -2.30. The van der Waals surface area contributed by atoms with E-state index in [2.05, 4.69) is 21.2 Å². The summed E-state index contributed by atoms with van der Waals surface area (Å²) in [7, 11) is 0. The van der Waals surface area contributed by atoms with Gasteiger partial charge in [-0.2, -0.15) is 0 Å². The molecule has 1 atom stereocenters. The molecule has 1 aliphatic heterocycles. The van der Waals surface area contributed by atoms with Gasteiger partial charge in [-0.1, -0.05) is 40.9 Å². The van der Waals surface area contributed by atoms with Gasteiger partial charge in [0.25, 0.3) is 0 Å². The van der Waals surface area contributed by atoms with Gasteiger partial charge in [0.15, 0.2) is 5.78 Å². The highest BCUT2D eigenvalue weighted by Crippen LogP contribution is 2.16. The largest absolute Gasteiger partial charge is 0.314 e. The van der Waals surface area contributed by atoms with Crippen molar-refractivity contribution in [2.24, 2.45) is 0 Å². The lowest BCUT2D eigenvalue weighted by Gasteiger charge is -2.14. The van der Waals surface area contributed by atoms with E-state index < -0.39 is 0 Å². The molecular weight excluding hydrogens is 278 g/mol. The Morgan fingerprint density at radius 3 is 2.76 bits per heavy atom. The third-order valence-corrected chi connectivity index (χ3v) is 3.79. The van der Waals surface area contributed by atoms with Crippen LogP contribution >= 0.6 is 15.9 Å². The molecule has 3 heteroatoms. The smallest absolute Gasteiger partial charge is 0.164 e. The van der Waals surface area contributed by atoms with Crippen molar-refractivity contribution >= 4 is 21.7 Å². The molecule has 92 valence electrons. The van der Waals surface area contributed by atoms with Gasteiger partial charge in [-0.15, -0.1) is 0 Å². The maximum atomic E-state index is 12.1. The normalized spacial score (nSPS) is 20.9. The van der Waals surface area contributed by atoms with Crippen LogP contribution in [-0.4, -0.2) is 18.4 Å². The van der Waals surface area contributed by atoms with Crippen LogP contribution in [0.2, 0.25) is 0 Å². The third kappa shape index (κ3) is 3.93. The number of ketones is 1. The first-order valence-electron chi connectivity index (χ1n) is 6.28. The Hall–Kier alpha value is -0.670. The maximum Gasteiger partial charge on any atom is 0.164 e. The number of Topliss-reactive ketones (excluding diaryl/α,β-unsaturated/α-hetero) is 1. The standard InChI is InChI=1S/C14H18BrNO/c15-12-7-5-11(6-8-12)14(17)10-13-4-2-1-3-9-16-13/h5-8,13,16H,1-4,9-10H2. The van der Waals surface area contributed by atoms with Gasteiger partial charge >= 0.3 is 0 Å². The second-order valence-corrected chi connectivity index (χ2v) is 5.55. The van der Waals surface area contributed by atoms with Gasteiger partial charge in [-0.25, -0.2) is 0 Å². The molecule has 1 fully saturated rings. The zero-order valence-electron chi connectivity index (χ0n) is 9.92. The molecule has 0 aliphatic carbocycles. The highest BCUT2D eigenvalue weighted by atomic mass is 79.9. The van der Waals surface area contributed by atoms with Gasteiger partial charge < -0.3 is 5.32 Å². The van der Waals surface area contributed by atoms with Crippen LogP contribution in [0.5, 0.6) is 0 Å². The summed E-state index contributed by atoms with van der Waals surface area (Å²) in [6, 6.07) is 8.00. The Morgan fingerprint density at radius 1 is 1.24 bits per heavy atom. The van der Waals surface area contributed by atoms with Crippen molar-refractivity contribution in [1.29, 1.82) is 0 Å². The lowest BCUT2D eigenvalue weighted by molar-refractivity contribution is 0.0968. The highest BCUT2D eigenvalue weighted by Gasteiger charge is 2.16. The molecule has 2 nitrogen and oxygen atoms in total. The zero-order chi connectivity index (χ0) is 12.1. The number of halogens is 1. The van der Waals surface area contributed by atoms with Crippen LogP contribution in [0, 0.1) is 0 Å². The topological polar surface area (TPSA) is 29.1 Å².